The van der Waals surface area contributed by atoms with Gasteiger partial charge in [0, 0.05) is 37.9 Å². The first-order chi connectivity index (χ1) is 9.67. The van der Waals surface area contributed by atoms with Crippen molar-refractivity contribution in [2.75, 3.05) is 31.1 Å². The highest BCUT2D eigenvalue weighted by Crippen LogP contribution is 2.20. The zero-order chi connectivity index (χ0) is 14.5. The zero-order valence-corrected chi connectivity index (χ0v) is 13.1. The molecule has 0 aliphatic carbocycles. The summed E-state index contributed by atoms with van der Waals surface area (Å²) in [6.07, 6.45) is 2.16. The molecular weight excluding hydrogens is 248 g/mol. The average molecular weight is 276 g/mol. The monoisotopic (exact) mass is 276 g/mol. The van der Waals surface area contributed by atoms with Crippen molar-refractivity contribution in [2.45, 2.75) is 46.2 Å². The second-order valence-electron chi connectivity index (χ2n) is 5.70. The van der Waals surface area contributed by atoms with Crippen molar-refractivity contribution >= 4 is 5.82 Å². The summed E-state index contributed by atoms with van der Waals surface area (Å²) >= 11 is 0. The molecule has 1 aliphatic heterocycles. The molecule has 112 valence electrons. The first kappa shape index (κ1) is 15.3. The number of aromatic nitrogens is 1. The van der Waals surface area contributed by atoms with E-state index in [0.717, 1.165) is 44.8 Å². The van der Waals surface area contributed by atoms with Crippen LogP contribution < -0.4 is 10.6 Å². The van der Waals surface area contributed by atoms with Crippen LogP contribution in [0.15, 0.2) is 12.1 Å². The van der Waals surface area contributed by atoms with Crippen molar-refractivity contribution in [2.24, 2.45) is 5.73 Å². The fraction of sp³-hybridized carbons (Fsp3) is 0.688. The van der Waals surface area contributed by atoms with Crippen LogP contribution >= 0.6 is 0 Å². The second kappa shape index (κ2) is 7.04. The minimum absolute atomic E-state index is 0.590. The van der Waals surface area contributed by atoms with Crippen molar-refractivity contribution in [1.82, 2.24) is 9.88 Å². The highest BCUT2D eigenvalue weighted by molar-refractivity contribution is 5.43. The highest BCUT2D eigenvalue weighted by atomic mass is 15.3. The van der Waals surface area contributed by atoms with Gasteiger partial charge in [-0.2, -0.15) is 0 Å². The maximum Gasteiger partial charge on any atom is 0.129 e. The third-order valence-electron chi connectivity index (χ3n) is 4.16. The molecule has 1 fully saturated rings. The molecule has 20 heavy (non-hydrogen) atoms. The van der Waals surface area contributed by atoms with Gasteiger partial charge in [0.15, 0.2) is 0 Å². The number of pyridine rings is 1. The van der Waals surface area contributed by atoms with E-state index in [-0.39, 0.29) is 0 Å². The lowest BCUT2D eigenvalue weighted by molar-refractivity contribution is 0.199. The molecule has 1 aromatic rings. The maximum atomic E-state index is 5.83. The maximum absolute atomic E-state index is 5.83. The Labute approximate surface area is 123 Å². The van der Waals surface area contributed by atoms with Crippen LogP contribution in [0, 0.1) is 0 Å². The van der Waals surface area contributed by atoms with Crippen molar-refractivity contribution < 1.29 is 0 Å². The molecule has 0 spiro atoms. The molecule has 1 aliphatic rings. The molecule has 2 rings (SSSR count). The van der Waals surface area contributed by atoms with Gasteiger partial charge in [0.2, 0.25) is 0 Å². The minimum Gasteiger partial charge on any atom is -0.354 e. The van der Waals surface area contributed by atoms with Gasteiger partial charge < -0.3 is 10.6 Å². The van der Waals surface area contributed by atoms with Crippen LogP contribution in [0.4, 0.5) is 5.82 Å². The smallest absolute Gasteiger partial charge is 0.129 e. The SMILES string of the molecule is CCCc1cc(CN)cc(N2CCN(CC)C(C)C2)n1. The minimum atomic E-state index is 0.590. The lowest BCUT2D eigenvalue weighted by Crippen LogP contribution is -2.52. The molecule has 2 heterocycles. The largest absolute Gasteiger partial charge is 0.354 e. The van der Waals surface area contributed by atoms with Crippen LogP contribution in [0.2, 0.25) is 0 Å². The molecule has 2 N–H and O–H groups in total. The third-order valence-corrected chi connectivity index (χ3v) is 4.16. The summed E-state index contributed by atoms with van der Waals surface area (Å²) in [6, 6.07) is 4.90. The zero-order valence-electron chi connectivity index (χ0n) is 13.1. The van der Waals surface area contributed by atoms with E-state index in [2.05, 4.69) is 42.7 Å². The number of aryl methyl sites for hydroxylation is 1. The molecule has 1 atom stereocenters. The summed E-state index contributed by atoms with van der Waals surface area (Å²) in [5, 5.41) is 0. The van der Waals surface area contributed by atoms with E-state index in [1.54, 1.807) is 0 Å². The number of piperazine rings is 1. The number of rotatable bonds is 5. The Balaban J connectivity index is 2.17. The summed E-state index contributed by atoms with van der Waals surface area (Å²) in [5.74, 6) is 1.11. The van der Waals surface area contributed by atoms with E-state index in [4.69, 9.17) is 10.7 Å². The summed E-state index contributed by atoms with van der Waals surface area (Å²) in [7, 11) is 0. The summed E-state index contributed by atoms with van der Waals surface area (Å²) < 4.78 is 0. The normalized spacial score (nSPS) is 20.4. The Kier molecular flexibility index (Phi) is 5.38. The van der Waals surface area contributed by atoms with E-state index < -0.39 is 0 Å². The summed E-state index contributed by atoms with van der Waals surface area (Å²) in [4.78, 5) is 9.77. The molecule has 1 aromatic heterocycles. The van der Waals surface area contributed by atoms with Gasteiger partial charge >= 0.3 is 0 Å². The first-order valence-electron chi connectivity index (χ1n) is 7.86. The topological polar surface area (TPSA) is 45.4 Å². The average Bonchev–Trinajstić information content (AvgIpc) is 2.47. The highest BCUT2D eigenvalue weighted by Gasteiger charge is 2.23. The van der Waals surface area contributed by atoms with Crippen molar-refractivity contribution in [3.8, 4) is 0 Å². The van der Waals surface area contributed by atoms with Crippen LogP contribution in [0.1, 0.15) is 38.4 Å². The van der Waals surface area contributed by atoms with E-state index in [1.807, 2.05) is 0 Å². The molecule has 0 bridgehead atoms. The lowest BCUT2D eigenvalue weighted by Gasteiger charge is -2.40. The van der Waals surface area contributed by atoms with Gasteiger partial charge in [-0.25, -0.2) is 4.98 Å². The molecule has 0 amide bonds. The van der Waals surface area contributed by atoms with E-state index in [1.165, 1.54) is 11.3 Å². The van der Waals surface area contributed by atoms with Gasteiger partial charge in [-0.05, 0) is 37.6 Å². The molecule has 4 nitrogen and oxygen atoms in total. The Morgan fingerprint density at radius 1 is 1.30 bits per heavy atom. The number of hydrogen-bond donors (Lipinski definition) is 1. The van der Waals surface area contributed by atoms with Crippen molar-refractivity contribution in [1.29, 1.82) is 0 Å². The molecule has 1 saturated heterocycles. The van der Waals surface area contributed by atoms with Gasteiger partial charge in [0.1, 0.15) is 5.82 Å². The molecule has 0 saturated carbocycles. The predicted molar refractivity (Wildman–Crippen MR) is 85.0 cm³/mol. The van der Waals surface area contributed by atoms with Crippen LogP contribution in [0.3, 0.4) is 0 Å². The standard InChI is InChI=1S/C16H28N4/c1-4-6-15-9-14(11-17)10-16(18-15)20-8-7-19(5-2)13(3)12-20/h9-10,13H,4-8,11-12,17H2,1-3H3. The third kappa shape index (κ3) is 3.49. The van der Waals surface area contributed by atoms with Crippen molar-refractivity contribution in [3.63, 3.8) is 0 Å². The number of nitrogens with zero attached hydrogens (tertiary/aromatic N) is 3. The predicted octanol–water partition coefficient (Wildman–Crippen LogP) is 2.02. The number of likely N-dealkylation sites (N-methyl/N-ethyl adjacent to an activating group) is 1. The van der Waals surface area contributed by atoms with E-state index in [0.29, 0.717) is 12.6 Å². The Bertz CT molecular complexity index is 432. The van der Waals surface area contributed by atoms with Gasteiger partial charge in [0.05, 0.1) is 0 Å². The van der Waals surface area contributed by atoms with Crippen LogP contribution in [-0.2, 0) is 13.0 Å². The summed E-state index contributed by atoms with van der Waals surface area (Å²) in [6.45, 7) is 11.7. The van der Waals surface area contributed by atoms with Gasteiger partial charge in [-0.3, -0.25) is 4.90 Å². The van der Waals surface area contributed by atoms with Crippen LogP contribution in [0.25, 0.3) is 0 Å². The molecule has 4 heteroatoms. The van der Waals surface area contributed by atoms with Gasteiger partial charge in [-0.15, -0.1) is 0 Å². The van der Waals surface area contributed by atoms with Crippen molar-refractivity contribution in [3.05, 3.63) is 23.4 Å². The Morgan fingerprint density at radius 3 is 2.70 bits per heavy atom. The lowest BCUT2D eigenvalue weighted by atomic mass is 10.1. The van der Waals surface area contributed by atoms with E-state index >= 15 is 0 Å². The first-order valence-corrected chi connectivity index (χ1v) is 7.86. The number of anilines is 1. The van der Waals surface area contributed by atoms with Crippen LogP contribution in [0.5, 0.6) is 0 Å². The fourth-order valence-corrected chi connectivity index (χ4v) is 2.97. The molecule has 0 aromatic carbocycles. The number of hydrogen-bond acceptors (Lipinski definition) is 4. The van der Waals surface area contributed by atoms with E-state index in [9.17, 15) is 0 Å². The summed E-state index contributed by atoms with van der Waals surface area (Å²) in [5.41, 5.74) is 8.20. The molecular formula is C16H28N4. The number of nitrogens with two attached hydrogens (primary N) is 1. The van der Waals surface area contributed by atoms with Crippen LogP contribution in [-0.4, -0.2) is 42.1 Å². The fourth-order valence-electron chi connectivity index (χ4n) is 2.97. The quantitative estimate of drug-likeness (QED) is 0.894. The second-order valence-corrected chi connectivity index (χ2v) is 5.70. The Morgan fingerprint density at radius 2 is 2.10 bits per heavy atom. The van der Waals surface area contributed by atoms with Gasteiger partial charge in [0.25, 0.3) is 0 Å². The Hall–Kier alpha value is -1.13. The molecule has 1 unspecified atom stereocenters. The van der Waals surface area contributed by atoms with Gasteiger partial charge in [-0.1, -0.05) is 20.3 Å². The molecule has 0 radical (unpaired) electrons.